The number of rotatable bonds is 5. The number of hydrogen-bond donors (Lipinski definition) is 1. The summed E-state index contributed by atoms with van der Waals surface area (Å²) >= 11 is 17.7. The first kappa shape index (κ1) is 27.7. The van der Waals surface area contributed by atoms with Crippen LogP contribution in [0.5, 0.6) is 17.2 Å². The van der Waals surface area contributed by atoms with Crippen LogP contribution in [0.1, 0.15) is 23.9 Å². The summed E-state index contributed by atoms with van der Waals surface area (Å²) in [4.78, 5) is 52.0. The van der Waals surface area contributed by atoms with Gasteiger partial charge in [0.2, 0.25) is 0 Å². The summed E-state index contributed by atoms with van der Waals surface area (Å²) in [6, 6.07) is 10.2. The lowest BCUT2D eigenvalue weighted by atomic mass is 9.64. The van der Waals surface area contributed by atoms with Gasteiger partial charge in [-0.15, -0.1) is 23.2 Å². The van der Waals surface area contributed by atoms with Crippen LogP contribution in [0.25, 0.3) is 5.69 Å². The van der Waals surface area contributed by atoms with Crippen molar-refractivity contribution in [3.8, 4) is 22.9 Å². The van der Waals surface area contributed by atoms with E-state index in [4.69, 9.17) is 32.7 Å². The molecule has 1 saturated heterocycles. The summed E-state index contributed by atoms with van der Waals surface area (Å²) in [7, 11) is 2.74. The summed E-state index contributed by atoms with van der Waals surface area (Å²) < 4.78 is 14.8. The molecule has 0 unspecified atom stereocenters. The van der Waals surface area contributed by atoms with Crippen LogP contribution in [0.3, 0.4) is 0 Å². The number of phenols is 1. The number of hydrogen-bond acceptors (Lipinski definition) is 7. The molecule has 3 heterocycles. The van der Waals surface area contributed by atoms with E-state index in [2.05, 4.69) is 15.9 Å². The zero-order valence-corrected chi connectivity index (χ0v) is 24.8. The Morgan fingerprint density at radius 2 is 1.63 bits per heavy atom. The minimum absolute atomic E-state index is 0.0223. The third kappa shape index (κ3) is 3.50. The fourth-order valence-corrected chi connectivity index (χ4v) is 7.73. The van der Waals surface area contributed by atoms with E-state index in [1.54, 1.807) is 36.4 Å². The Morgan fingerprint density at radius 3 is 2.22 bits per heavy atom. The fraction of sp³-hybridized carbons (Fsp3) is 0.333. The standard InChI is InChI=1S/C27H23BrCl2N4O7/c1-40-18-10-15(35)11-19(41-2)20(18)21-16-8-9-32-24(38)33(14-6-4-3-5-7-14)25(39)34(32)17(16)12-26(29)22(36)31(13-28)23(37)27(21,26)30/h3-8,10-11,17,21,35H,9,12-13H2,1-2H3/t17-,21-,26-,27+/m1/s1. The minimum atomic E-state index is -2.08. The highest BCUT2D eigenvalue weighted by atomic mass is 79.9. The van der Waals surface area contributed by atoms with Crippen LogP contribution < -0.4 is 20.9 Å². The van der Waals surface area contributed by atoms with Gasteiger partial charge >= 0.3 is 11.4 Å². The Morgan fingerprint density at radius 1 is 1.00 bits per heavy atom. The van der Waals surface area contributed by atoms with Crippen LogP contribution in [0.2, 0.25) is 0 Å². The number of alkyl halides is 3. The van der Waals surface area contributed by atoms with Gasteiger partial charge in [-0.3, -0.25) is 14.5 Å². The van der Waals surface area contributed by atoms with E-state index in [-0.39, 0.29) is 41.2 Å². The second-order valence-corrected chi connectivity index (χ2v) is 11.7. The van der Waals surface area contributed by atoms with E-state index in [9.17, 15) is 24.3 Å². The van der Waals surface area contributed by atoms with E-state index >= 15 is 0 Å². The Hall–Kier alpha value is -3.48. The van der Waals surface area contributed by atoms with Crippen LogP contribution in [0.15, 0.2) is 63.7 Å². The quantitative estimate of drug-likeness (QED) is 0.192. The zero-order valence-electron chi connectivity index (χ0n) is 21.7. The smallest absolute Gasteiger partial charge is 0.352 e. The van der Waals surface area contributed by atoms with Crippen LogP contribution in [0, 0.1) is 0 Å². The van der Waals surface area contributed by atoms with E-state index in [1.165, 1.54) is 35.7 Å². The average molecular weight is 666 g/mol. The number of allylic oxidation sites excluding steroid dienone is 2. The molecule has 1 aromatic heterocycles. The number of phenolic OH excluding ortho intramolecular Hbond substituents is 1. The van der Waals surface area contributed by atoms with Crippen molar-refractivity contribution in [3.63, 3.8) is 0 Å². The number of carbonyl (C=O) groups is 2. The predicted octanol–water partition coefficient (Wildman–Crippen LogP) is 2.87. The molecule has 2 amide bonds. The molecule has 2 fully saturated rings. The molecule has 6 rings (SSSR count). The number of aromatic nitrogens is 3. The number of methoxy groups -OCH3 is 2. The van der Waals surface area contributed by atoms with E-state index < -0.39 is 44.9 Å². The predicted molar refractivity (Wildman–Crippen MR) is 153 cm³/mol. The van der Waals surface area contributed by atoms with Crippen molar-refractivity contribution in [2.75, 3.05) is 19.7 Å². The molecule has 3 aliphatic rings. The first-order valence-corrected chi connectivity index (χ1v) is 14.4. The summed E-state index contributed by atoms with van der Waals surface area (Å²) in [5, 5.41) is 10.3. The number of benzene rings is 2. The van der Waals surface area contributed by atoms with Gasteiger partial charge in [0.05, 0.1) is 37.9 Å². The van der Waals surface area contributed by atoms with Crippen molar-refractivity contribution in [3.05, 3.63) is 80.6 Å². The highest BCUT2D eigenvalue weighted by Gasteiger charge is 2.76. The number of nitrogens with zero attached hydrogens (tertiary/aromatic N) is 4. The number of para-hydroxylation sites is 1. The fourth-order valence-electron chi connectivity index (χ4n) is 6.34. The lowest BCUT2D eigenvalue weighted by Gasteiger charge is -2.49. The highest BCUT2D eigenvalue weighted by molar-refractivity contribution is 9.09. The van der Waals surface area contributed by atoms with Gasteiger partial charge < -0.3 is 14.6 Å². The van der Waals surface area contributed by atoms with Gasteiger partial charge in [0.1, 0.15) is 17.2 Å². The molecule has 11 nitrogen and oxygen atoms in total. The van der Waals surface area contributed by atoms with Gasteiger partial charge in [0, 0.05) is 30.0 Å². The number of fused-ring (bicyclic) bond motifs is 4. The molecule has 214 valence electrons. The number of carbonyl (C=O) groups excluding carboxylic acids is 2. The zero-order chi connectivity index (χ0) is 29.4. The number of amides is 2. The Bertz CT molecular complexity index is 1740. The van der Waals surface area contributed by atoms with Gasteiger partial charge in [-0.2, -0.15) is 0 Å². The maximum Gasteiger partial charge on any atom is 0.352 e. The molecule has 0 radical (unpaired) electrons. The van der Waals surface area contributed by atoms with Crippen LogP contribution in [-0.2, 0) is 16.1 Å². The van der Waals surface area contributed by atoms with E-state index in [1.807, 2.05) is 0 Å². The van der Waals surface area contributed by atoms with Crippen LogP contribution in [0.4, 0.5) is 0 Å². The molecule has 1 N–H and O–H groups in total. The molecular formula is C27H23BrCl2N4O7. The third-order valence-electron chi connectivity index (χ3n) is 8.11. The molecule has 14 heteroatoms. The van der Waals surface area contributed by atoms with Crippen LogP contribution >= 0.6 is 39.1 Å². The minimum Gasteiger partial charge on any atom is -0.508 e. The molecule has 3 aromatic rings. The Balaban J connectivity index is 1.67. The molecule has 41 heavy (non-hydrogen) atoms. The van der Waals surface area contributed by atoms with Gasteiger partial charge in [0.25, 0.3) is 11.8 Å². The summed E-state index contributed by atoms with van der Waals surface area (Å²) in [5.41, 5.74) is -0.274. The van der Waals surface area contributed by atoms with Gasteiger partial charge in [0.15, 0.2) is 9.75 Å². The van der Waals surface area contributed by atoms with Gasteiger partial charge in [-0.05, 0) is 17.7 Å². The molecule has 2 aromatic carbocycles. The Kier molecular flexibility index (Phi) is 6.44. The second-order valence-electron chi connectivity index (χ2n) is 9.95. The summed E-state index contributed by atoms with van der Waals surface area (Å²) in [6.07, 6.45) is 1.46. The number of halogens is 3. The lowest BCUT2D eigenvalue weighted by Crippen LogP contribution is -2.59. The molecule has 2 aliphatic heterocycles. The monoisotopic (exact) mass is 664 g/mol. The Labute approximate surface area is 251 Å². The second kappa shape index (κ2) is 9.53. The third-order valence-corrected chi connectivity index (χ3v) is 10.0. The largest absolute Gasteiger partial charge is 0.508 e. The normalized spacial score (nSPS) is 26.8. The number of ether oxygens (including phenoxy) is 2. The number of imide groups is 1. The van der Waals surface area contributed by atoms with Crippen molar-refractivity contribution in [2.45, 2.75) is 34.7 Å². The molecule has 4 atom stereocenters. The molecule has 1 saturated carbocycles. The van der Waals surface area contributed by atoms with Crippen molar-refractivity contribution in [1.82, 2.24) is 18.8 Å². The average Bonchev–Trinajstić information content (AvgIpc) is 3.31. The summed E-state index contributed by atoms with van der Waals surface area (Å²) in [5.74, 6) is -2.57. The van der Waals surface area contributed by atoms with Crippen molar-refractivity contribution in [2.24, 2.45) is 0 Å². The SMILES string of the molecule is COc1cc(O)cc(OC)c1[C@H]1C2=CCn3c(=O)n(-c4ccccc4)c(=O)n3[C@@H]2C[C@@]2(Cl)C(=O)N(CBr)C(=O)[C@@]12Cl. The van der Waals surface area contributed by atoms with Crippen molar-refractivity contribution in [1.29, 1.82) is 0 Å². The topological polar surface area (TPSA) is 125 Å². The number of aromatic hydroxyl groups is 1. The van der Waals surface area contributed by atoms with Gasteiger partial charge in [-0.25, -0.2) is 23.5 Å². The maximum absolute atomic E-state index is 14.0. The van der Waals surface area contributed by atoms with E-state index in [0.29, 0.717) is 11.3 Å². The first-order valence-electron chi connectivity index (χ1n) is 12.5. The summed E-state index contributed by atoms with van der Waals surface area (Å²) in [6.45, 7) is -0.0223. The van der Waals surface area contributed by atoms with Gasteiger partial charge in [-0.1, -0.05) is 40.2 Å². The molecular weight excluding hydrogens is 643 g/mol. The highest BCUT2D eigenvalue weighted by Crippen LogP contribution is 2.65. The lowest BCUT2D eigenvalue weighted by molar-refractivity contribution is -0.138. The maximum atomic E-state index is 14.0. The molecule has 0 bridgehead atoms. The van der Waals surface area contributed by atoms with Crippen molar-refractivity contribution >= 4 is 50.9 Å². The molecule has 1 aliphatic carbocycles. The van der Waals surface area contributed by atoms with Crippen LogP contribution in [-0.4, -0.2) is 65.2 Å². The molecule has 0 spiro atoms. The van der Waals surface area contributed by atoms with E-state index in [0.717, 1.165) is 9.47 Å². The number of likely N-dealkylation sites (tertiary alicyclic amines) is 1. The van der Waals surface area contributed by atoms with Crippen molar-refractivity contribution < 1.29 is 24.2 Å². The first-order chi connectivity index (χ1) is 19.5.